The van der Waals surface area contributed by atoms with Crippen molar-refractivity contribution in [2.24, 2.45) is 5.16 Å². The summed E-state index contributed by atoms with van der Waals surface area (Å²) >= 11 is 0. The summed E-state index contributed by atoms with van der Waals surface area (Å²) in [6.07, 6.45) is 0. The van der Waals surface area contributed by atoms with E-state index < -0.39 is 0 Å². The first-order valence-electron chi connectivity index (χ1n) is 5.16. The molecule has 0 spiro atoms. The summed E-state index contributed by atoms with van der Waals surface area (Å²) in [4.78, 5) is 0. The molecule has 2 rings (SSSR count). The van der Waals surface area contributed by atoms with Crippen LogP contribution in [0.3, 0.4) is 0 Å². The van der Waals surface area contributed by atoms with Crippen LogP contribution < -0.4 is 0 Å². The van der Waals surface area contributed by atoms with Crippen LogP contribution in [0, 0.1) is 6.92 Å². The van der Waals surface area contributed by atoms with Gasteiger partial charge < -0.3 is 5.21 Å². The van der Waals surface area contributed by atoms with Gasteiger partial charge in [0.05, 0.1) is 0 Å². The molecule has 0 unspecified atom stereocenters. The van der Waals surface area contributed by atoms with Crippen molar-refractivity contribution in [3.63, 3.8) is 0 Å². The topological polar surface area (TPSA) is 32.6 Å². The van der Waals surface area contributed by atoms with Gasteiger partial charge in [-0.2, -0.15) is 0 Å². The molecule has 1 N–H and O–H groups in total. The number of rotatable bonds is 2. The zero-order valence-electron chi connectivity index (χ0n) is 9.09. The standard InChI is InChI=1S/C14H13NO/c1-11-6-5-9-13(10-11)14(15-16)12-7-3-2-4-8-12/h2-10,16H,1H3. The van der Waals surface area contributed by atoms with Crippen molar-refractivity contribution in [3.05, 3.63) is 71.3 Å². The number of hydrogen-bond donors (Lipinski definition) is 1. The molecule has 0 aromatic heterocycles. The molecule has 0 bridgehead atoms. The minimum absolute atomic E-state index is 0.601. The van der Waals surface area contributed by atoms with Gasteiger partial charge in [0.1, 0.15) is 5.71 Å². The fraction of sp³-hybridized carbons (Fsp3) is 0.0714. The van der Waals surface area contributed by atoms with E-state index in [1.807, 2.05) is 61.5 Å². The van der Waals surface area contributed by atoms with E-state index in [-0.39, 0.29) is 0 Å². The Bertz CT molecular complexity index is 503. The third-order valence-corrected chi connectivity index (χ3v) is 2.44. The Labute approximate surface area is 94.9 Å². The average Bonchev–Trinajstić information content (AvgIpc) is 2.31. The lowest BCUT2D eigenvalue weighted by molar-refractivity contribution is 0.319. The van der Waals surface area contributed by atoms with Crippen molar-refractivity contribution in [1.82, 2.24) is 0 Å². The van der Waals surface area contributed by atoms with Gasteiger partial charge in [0.15, 0.2) is 0 Å². The van der Waals surface area contributed by atoms with Crippen LogP contribution in [0.4, 0.5) is 0 Å². The van der Waals surface area contributed by atoms with Crippen molar-refractivity contribution in [2.45, 2.75) is 6.92 Å². The average molecular weight is 211 g/mol. The van der Waals surface area contributed by atoms with E-state index in [0.29, 0.717) is 5.71 Å². The second-order valence-electron chi connectivity index (χ2n) is 3.68. The molecule has 2 aromatic carbocycles. The number of oxime groups is 1. The largest absolute Gasteiger partial charge is 0.410 e. The third kappa shape index (κ3) is 2.11. The fourth-order valence-corrected chi connectivity index (χ4v) is 1.67. The van der Waals surface area contributed by atoms with Crippen molar-refractivity contribution < 1.29 is 5.21 Å². The minimum Gasteiger partial charge on any atom is -0.410 e. The van der Waals surface area contributed by atoms with E-state index in [1.54, 1.807) is 0 Å². The van der Waals surface area contributed by atoms with E-state index in [9.17, 15) is 0 Å². The summed E-state index contributed by atoms with van der Waals surface area (Å²) in [5.41, 5.74) is 3.59. The molecule has 0 saturated heterocycles. The van der Waals surface area contributed by atoms with Gasteiger partial charge in [-0.3, -0.25) is 0 Å². The van der Waals surface area contributed by atoms with Gasteiger partial charge in [0, 0.05) is 11.1 Å². The number of nitrogens with zero attached hydrogens (tertiary/aromatic N) is 1. The van der Waals surface area contributed by atoms with Crippen LogP contribution in [-0.4, -0.2) is 10.9 Å². The van der Waals surface area contributed by atoms with Crippen LogP contribution in [0.1, 0.15) is 16.7 Å². The normalized spacial score (nSPS) is 11.4. The summed E-state index contributed by atoms with van der Waals surface area (Å²) in [5.74, 6) is 0. The minimum atomic E-state index is 0.601. The molecule has 2 aromatic rings. The van der Waals surface area contributed by atoms with Crippen LogP contribution in [0.25, 0.3) is 0 Å². The SMILES string of the molecule is Cc1cccc(C(=NO)c2ccccc2)c1. The summed E-state index contributed by atoms with van der Waals surface area (Å²) in [7, 11) is 0. The van der Waals surface area contributed by atoms with Gasteiger partial charge in [0.25, 0.3) is 0 Å². The van der Waals surface area contributed by atoms with Crippen molar-refractivity contribution in [2.75, 3.05) is 0 Å². The smallest absolute Gasteiger partial charge is 0.117 e. The monoisotopic (exact) mass is 211 g/mol. The quantitative estimate of drug-likeness (QED) is 0.461. The first kappa shape index (κ1) is 10.4. The third-order valence-electron chi connectivity index (χ3n) is 2.44. The number of benzene rings is 2. The summed E-state index contributed by atoms with van der Waals surface area (Å²) in [5, 5.41) is 12.5. The molecule has 0 aliphatic carbocycles. The van der Waals surface area contributed by atoms with Crippen LogP contribution in [0.2, 0.25) is 0 Å². The second kappa shape index (κ2) is 4.62. The van der Waals surface area contributed by atoms with Gasteiger partial charge in [-0.1, -0.05) is 59.3 Å². The van der Waals surface area contributed by atoms with E-state index in [1.165, 1.54) is 0 Å². The lowest BCUT2D eigenvalue weighted by Crippen LogP contribution is -2.03. The van der Waals surface area contributed by atoms with Crippen molar-refractivity contribution in [3.8, 4) is 0 Å². The lowest BCUT2D eigenvalue weighted by Gasteiger charge is -2.05. The Balaban J connectivity index is 2.46. The first-order valence-corrected chi connectivity index (χ1v) is 5.16. The Hall–Kier alpha value is -2.09. The molecule has 0 atom stereocenters. The van der Waals surface area contributed by atoms with Crippen molar-refractivity contribution in [1.29, 1.82) is 0 Å². The molecule has 16 heavy (non-hydrogen) atoms. The van der Waals surface area contributed by atoms with Gasteiger partial charge in [0.2, 0.25) is 0 Å². The Kier molecular flexibility index (Phi) is 3.01. The highest BCUT2D eigenvalue weighted by molar-refractivity contribution is 6.12. The molecular weight excluding hydrogens is 198 g/mol. The molecule has 0 heterocycles. The highest BCUT2D eigenvalue weighted by atomic mass is 16.4. The van der Waals surface area contributed by atoms with E-state index in [2.05, 4.69) is 5.16 Å². The molecule has 0 fully saturated rings. The molecule has 0 saturated carbocycles. The number of aryl methyl sites for hydroxylation is 1. The van der Waals surface area contributed by atoms with Crippen LogP contribution in [0.5, 0.6) is 0 Å². The molecule has 2 nitrogen and oxygen atoms in total. The zero-order valence-corrected chi connectivity index (χ0v) is 9.09. The Morgan fingerprint density at radius 2 is 1.62 bits per heavy atom. The molecule has 0 aliphatic rings. The van der Waals surface area contributed by atoms with Gasteiger partial charge in [-0.15, -0.1) is 0 Å². The second-order valence-corrected chi connectivity index (χ2v) is 3.68. The Morgan fingerprint density at radius 3 is 2.25 bits per heavy atom. The summed E-state index contributed by atoms with van der Waals surface area (Å²) < 4.78 is 0. The fourth-order valence-electron chi connectivity index (χ4n) is 1.67. The van der Waals surface area contributed by atoms with E-state index in [0.717, 1.165) is 16.7 Å². The highest BCUT2D eigenvalue weighted by Crippen LogP contribution is 2.12. The van der Waals surface area contributed by atoms with Crippen molar-refractivity contribution >= 4 is 5.71 Å². The summed E-state index contributed by atoms with van der Waals surface area (Å²) in [6, 6.07) is 17.6. The van der Waals surface area contributed by atoms with Crippen LogP contribution in [0.15, 0.2) is 59.8 Å². The molecule has 0 amide bonds. The summed E-state index contributed by atoms with van der Waals surface area (Å²) in [6.45, 7) is 2.02. The lowest BCUT2D eigenvalue weighted by atomic mass is 10.0. The maximum absolute atomic E-state index is 9.11. The van der Waals surface area contributed by atoms with Gasteiger partial charge in [-0.05, 0) is 13.0 Å². The molecule has 0 radical (unpaired) electrons. The molecular formula is C14H13NO. The van der Waals surface area contributed by atoms with Crippen LogP contribution >= 0.6 is 0 Å². The predicted molar refractivity (Wildman–Crippen MR) is 65.0 cm³/mol. The van der Waals surface area contributed by atoms with E-state index >= 15 is 0 Å². The predicted octanol–water partition coefficient (Wildman–Crippen LogP) is 3.22. The maximum atomic E-state index is 9.11. The van der Waals surface area contributed by atoms with Gasteiger partial charge >= 0.3 is 0 Å². The Morgan fingerprint density at radius 1 is 0.938 bits per heavy atom. The first-order chi connectivity index (χ1) is 7.81. The van der Waals surface area contributed by atoms with Gasteiger partial charge in [-0.25, -0.2) is 0 Å². The van der Waals surface area contributed by atoms with E-state index in [4.69, 9.17) is 5.21 Å². The van der Waals surface area contributed by atoms with Crippen LogP contribution in [-0.2, 0) is 0 Å². The molecule has 2 heteroatoms. The highest BCUT2D eigenvalue weighted by Gasteiger charge is 2.06. The maximum Gasteiger partial charge on any atom is 0.117 e. The zero-order chi connectivity index (χ0) is 11.4. The number of hydrogen-bond acceptors (Lipinski definition) is 2. The molecule has 80 valence electrons. The molecule has 0 aliphatic heterocycles.